The predicted octanol–water partition coefficient (Wildman–Crippen LogP) is 5.69. The summed E-state index contributed by atoms with van der Waals surface area (Å²) >= 11 is 0. The van der Waals surface area contributed by atoms with Crippen molar-refractivity contribution in [3.8, 4) is 23.0 Å². The van der Waals surface area contributed by atoms with Gasteiger partial charge in [0.1, 0.15) is 0 Å². The SMILES string of the molecule is COc1cc2c(cc1OC)C(Cc1cccc(CC3c4cc(OC)c(OC)cc4CCN3C)c1)N(C)CC2.Cl. The standard InChI is InChI=1S/C32H40N2O4.ClH/c1-33-12-10-23-17-29(35-3)31(37-5)19-25(23)27(33)15-21-8-7-9-22(14-21)16-28-26-20-32(38-6)30(36-4)18-24(26)11-13-34(28)2;/h7-9,14,17-20,27-28H,10-13,15-16H2,1-6H3;1H. The van der Waals surface area contributed by atoms with E-state index in [1.807, 2.05) is 0 Å². The Morgan fingerprint density at radius 2 is 1.00 bits per heavy atom. The van der Waals surface area contributed by atoms with Gasteiger partial charge in [0.25, 0.3) is 0 Å². The maximum Gasteiger partial charge on any atom is 0.161 e. The smallest absolute Gasteiger partial charge is 0.161 e. The summed E-state index contributed by atoms with van der Waals surface area (Å²) in [5.74, 6) is 3.21. The zero-order chi connectivity index (χ0) is 26.8. The third kappa shape index (κ3) is 5.84. The summed E-state index contributed by atoms with van der Waals surface area (Å²) in [7, 11) is 11.3. The Kier molecular flexibility index (Phi) is 9.31. The Balaban J connectivity index is 0.00000353. The van der Waals surface area contributed by atoms with Crippen molar-refractivity contribution < 1.29 is 18.9 Å². The first-order valence-electron chi connectivity index (χ1n) is 13.4. The molecule has 7 heteroatoms. The van der Waals surface area contributed by atoms with Gasteiger partial charge in [-0.3, -0.25) is 9.80 Å². The molecule has 210 valence electrons. The van der Waals surface area contributed by atoms with Gasteiger partial charge in [0.15, 0.2) is 23.0 Å². The van der Waals surface area contributed by atoms with Crippen LogP contribution in [0, 0.1) is 0 Å². The maximum absolute atomic E-state index is 5.64. The first-order valence-corrected chi connectivity index (χ1v) is 13.4. The fourth-order valence-corrected chi connectivity index (χ4v) is 6.17. The van der Waals surface area contributed by atoms with E-state index in [9.17, 15) is 0 Å². The third-order valence-corrected chi connectivity index (χ3v) is 8.39. The number of hydrogen-bond acceptors (Lipinski definition) is 6. The minimum Gasteiger partial charge on any atom is -0.493 e. The van der Waals surface area contributed by atoms with Crippen molar-refractivity contribution in [2.24, 2.45) is 0 Å². The van der Waals surface area contributed by atoms with Crippen molar-refractivity contribution in [1.29, 1.82) is 0 Å². The number of hydrogen-bond donors (Lipinski definition) is 0. The maximum atomic E-state index is 5.64. The molecule has 5 rings (SSSR count). The minimum absolute atomic E-state index is 0. The van der Waals surface area contributed by atoms with Crippen LogP contribution >= 0.6 is 12.4 Å². The molecular formula is C32H41ClN2O4. The number of ether oxygens (including phenoxy) is 4. The number of methoxy groups -OCH3 is 4. The van der Waals surface area contributed by atoms with Crippen LogP contribution in [0.1, 0.15) is 45.5 Å². The van der Waals surface area contributed by atoms with Gasteiger partial charge in [0, 0.05) is 25.2 Å². The molecule has 3 aromatic carbocycles. The predicted molar refractivity (Wildman–Crippen MR) is 158 cm³/mol. The Bertz CT molecular complexity index is 1200. The molecule has 0 aliphatic carbocycles. The lowest BCUT2D eigenvalue weighted by molar-refractivity contribution is 0.226. The molecule has 2 unspecified atom stereocenters. The van der Waals surface area contributed by atoms with Gasteiger partial charge >= 0.3 is 0 Å². The van der Waals surface area contributed by atoms with E-state index < -0.39 is 0 Å². The van der Waals surface area contributed by atoms with Crippen LogP contribution in [-0.4, -0.2) is 65.4 Å². The summed E-state index contributed by atoms with van der Waals surface area (Å²) in [6.07, 6.45) is 3.94. The molecule has 0 saturated carbocycles. The molecule has 2 heterocycles. The van der Waals surface area contributed by atoms with Crippen molar-refractivity contribution in [1.82, 2.24) is 9.80 Å². The second kappa shape index (κ2) is 12.5. The van der Waals surface area contributed by atoms with Crippen molar-refractivity contribution in [2.75, 3.05) is 55.6 Å². The number of nitrogens with zero attached hydrogens (tertiary/aromatic N) is 2. The molecule has 0 saturated heterocycles. The highest BCUT2D eigenvalue weighted by atomic mass is 35.5. The Morgan fingerprint density at radius 3 is 1.38 bits per heavy atom. The normalized spacial score (nSPS) is 18.9. The van der Waals surface area contributed by atoms with Gasteiger partial charge in [0.2, 0.25) is 0 Å². The van der Waals surface area contributed by atoms with Crippen LogP contribution in [-0.2, 0) is 25.7 Å². The second-order valence-electron chi connectivity index (χ2n) is 10.5. The van der Waals surface area contributed by atoms with Gasteiger partial charge in [-0.25, -0.2) is 0 Å². The fraction of sp³-hybridized carbons (Fsp3) is 0.438. The molecule has 0 radical (unpaired) electrons. The molecule has 6 nitrogen and oxygen atoms in total. The van der Waals surface area contributed by atoms with Crippen LogP contribution in [0.25, 0.3) is 0 Å². The van der Waals surface area contributed by atoms with Gasteiger partial charge in [-0.15, -0.1) is 12.4 Å². The monoisotopic (exact) mass is 552 g/mol. The van der Waals surface area contributed by atoms with E-state index in [0.29, 0.717) is 12.1 Å². The van der Waals surface area contributed by atoms with Gasteiger partial charge in [-0.1, -0.05) is 24.3 Å². The molecule has 39 heavy (non-hydrogen) atoms. The van der Waals surface area contributed by atoms with E-state index in [0.717, 1.165) is 61.8 Å². The van der Waals surface area contributed by atoms with E-state index in [4.69, 9.17) is 18.9 Å². The van der Waals surface area contributed by atoms with Crippen molar-refractivity contribution in [2.45, 2.75) is 37.8 Å². The topological polar surface area (TPSA) is 43.4 Å². The third-order valence-electron chi connectivity index (χ3n) is 8.39. The number of halogens is 1. The lowest BCUT2D eigenvalue weighted by atomic mass is 9.86. The number of fused-ring (bicyclic) bond motifs is 2. The first-order chi connectivity index (χ1) is 18.4. The van der Waals surface area contributed by atoms with Crippen LogP contribution in [0.4, 0.5) is 0 Å². The summed E-state index contributed by atoms with van der Waals surface area (Å²) in [5, 5.41) is 0. The fourth-order valence-electron chi connectivity index (χ4n) is 6.17. The molecule has 0 amide bonds. The highest BCUT2D eigenvalue weighted by Gasteiger charge is 2.29. The summed E-state index contributed by atoms with van der Waals surface area (Å²) in [6.45, 7) is 2.06. The minimum atomic E-state index is 0. The van der Waals surface area contributed by atoms with E-state index in [-0.39, 0.29) is 12.4 Å². The van der Waals surface area contributed by atoms with Crippen molar-refractivity contribution in [3.05, 3.63) is 81.9 Å². The summed E-state index contributed by atoms with van der Waals surface area (Å²) in [5.41, 5.74) is 8.09. The first kappa shape index (κ1) is 29.1. The zero-order valence-corrected chi connectivity index (χ0v) is 24.8. The van der Waals surface area contributed by atoms with Crippen LogP contribution < -0.4 is 18.9 Å². The van der Waals surface area contributed by atoms with Gasteiger partial charge in [-0.05, 0) is 97.4 Å². The molecule has 0 fully saturated rings. The number of likely N-dealkylation sites (N-methyl/N-ethyl adjacent to an activating group) is 2. The molecule has 0 N–H and O–H groups in total. The zero-order valence-electron chi connectivity index (χ0n) is 24.0. The Hall–Kier alpha value is -2.93. The van der Waals surface area contributed by atoms with Crippen LogP contribution in [0.5, 0.6) is 23.0 Å². The summed E-state index contributed by atoms with van der Waals surface area (Å²) in [6, 6.07) is 18.4. The molecule has 0 bridgehead atoms. The largest absolute Gasteiger partial charge is 0.493 e. The number of benzene rings is 3. The van der Waals surface area contributed by atoms with E-state index >= 15 is 0 Å². The average molecular weight is 553 g/mol. The van der Waals surface area contributed by atoms with Gasteiger partial charge in [0.05, 0.1) is 28.4 Å². The molecule has 2 atom stereocenters. The van der Waals surface area contributed by atoms with Crippen molar-refractivity contribution in [3.63, 3.8) is 0 Å². The Morgan fingerprint density at radius 1 is 0.615 bits per heavy atom. The van der Waals surface area contributed by atoms with Crippen LogP contribution in [0.2, 0.25) is 0 Å². The lowest BCUT2D eigenvalue weighted by Crippen LogP contribution is -2.34. The molecule has 0 spiro atoms. The molecule has 2 aliphatic rings. The quantitative estimate of drug-likeness (QED) is 0.358. The molecule has 0 aromatic heterocycles. The van der Waals surface area contributed by atoms with Gasteiger partial charge in [-0.2, -0.15) is 0 Å². The van der Waals surface area contributed by atoms with E-state index in [2.05, 4.69) is 72.4 Å². The molecule has 3 aromatic rings. The van der Waals surface area contributed by atoms with E-state index in [1.54, 1.807) is 28.4 Å². The van der Waals surface area contributed by atoms with Crippen LogP contribution in [0.3, 0.4) is 0 Å². The number of rotatable bonds is 8. The highest BCUT2D eigenvalue weighted by Crippen LogP contribution is 2.40. The van der Waals surface area contributed by atoms with Crippen molar-refractivity contribution >= 4 is 12.4 Å². The molecule has 2 aliphatic heterocycles. The van der Waals surface area contributed by atoms with Gasteiger partial charge < -0.3 is 18.9 Å². The average Bonchev–Trinajstić information content (AvgIpc) is 2.94. The lowest BCUT2D eigenvalue weighted by Gasteiger charge is -2.36. The second-order valence-corrected chi connectivity index (χ2v) is 10.5. The van der Waals surface area contributed by atoms with Crippen LogP contribution in [0.15, 0.2) is 48.5 Å². The molecular weight excluding hydrogens is 512 g/mol. The highest BCUT2D eigenvalue weighted by molar-refractivity contribution is 5.85. The Labute approximate surface area is 239 Å². The summed E-state index contributed by atoms with van der Waals surface area (Å²) in [4.78, 5) is 4.93. The van der Waals surface area contributed by atoms with E-state index in [1.165, 1.54) is 33.4 Å². The summed E-state index contributed by atoms with van der Waals surface area (Å²) < 4.78 is 22.4.